The number of urea groups is 1. The number of hydrogen-bond donors (Lipinski definition) is 2. The first-order chi connectivity index (χ1) is 10.8. The predicted molar refractivity (Wildman–Crippen MR) is 90.8 cm³/mol. The lowest BCUT2D eigenvalue weighted by atomic mass is 9.80. The van der Waals surface area contributed by atoms with E-state index in [1.165, 1.54) is 16.7 Å². The van der Waals surface area contributed by atoms with Gasteiger partial charge in [0.1, 0.15) is 6.10 Å². The molecule has 2 aliphatic rings. The maximum atomic E-state index is 11.3. The van der Waals surface area contributed by atoms with Crippen molar-refractivity contribution >= 4 is 6.03 Å². The molecule has 4 nitrogen and oxygen atoms in total. The molecule has 124 valence electrons. The number of allylic oxidation sites excluding steroid dienone is 1. The zero-order chi connectivity index (χ0) is 16.8. The molecule has 0 aromatic heterocycles. The number of carbonyl (C=O) groups is 1. The SMILES string of the molecule is CC1=C(C(O)c2ccc3c(c2)CCN(C(N)=O)C3)C(C)(C)CC1. The highest BCUT2D eigenvalue weighted by atomic mass is 16.3. The van der Waals surface area contributed by atoms with Crippen LogP contribution >= 0.6 is 0 Å². The largest absolute Gasteiger partial charge is 0.384 e. The number of nitrogens with zero attached hydrogens (tertiary/aromatic N) is 1. The Morgan fingerprint density at radius 1 is 1.30 bits per heavy atom. The van der Waals surface area contributed by atoms with Gasteiger partial charge in [0.05, 0.1) is 0 Å². The van der Waals surface area contributed by atoms with Crippen LogP contribution < -0.4 is 5.73 Å². The summed E-state index contributed by atoms with van der Waals surface area (Å²) >= 11 is 0. The van der Waals surface area contributed by atoms with Gasteiger partial charge in [-0.25, -0.2) is 4.79 Å². The molecule has 0 spiro atoms. The fourth-order valence-corrected chi connectivity index (χ4v) is 4.05. The minimum Gasteiger partial charge on any atom is -0.384 e. The van der Waals surface area contributed by atoms with E-state index in [2.05, 4.69) is 26.8 Å². The van der Waals surface area contributed by atoms with E-state index in [0.29, 0.717) is 13.1 Å². The van der Waals surface area contributed by atoms with Crippen LogP contribution in [-0.4, -0.2) is 22.6 Å². The molecular weight excluding hydrogens is 288 g/mol. The van der Waals surface area contributed by atoms with Crippen molar-refractivity contribution in [3.63, 3.8) is 0 Å². The highest BCUT2D eigenvalue weighted by Gasteiger charge is 2.35. The number of aliphatic hydroxyl groups excluding tert-OH is 1. The summed E-state index contributed by atoms with van der Waals surface area (Å²) in [6.45, 7) is 7.77. The van der Waals surface area contributed by atoms with Gasteiger partial charge in [-0.1, -0.05) is 37.6 Å². The van der Waals surface area contributed by atoms with E-state index in [1.807, 2.05) is 12.1 Å². The van der Waals surface area contributed by atoms with Gasteiger partial charge >= 0.3 is 6.03 Å². The van der Waals surface area contributed by atoms with Crippen LogP contribution in [0.25, 0.3) is 0 Å². The van der Waals surface area contributed by atoms with Crippen molar-refractivity contribution in [1.82, 2.24) is 4.90 Å². The minimum absolute atomic E-state index is 0.0577. The molecule has 23 heavy (non-hydrogen) atoms. The van der Waals surface area contributed by atoms with Crippen molar-refractivity contribution in [1.29, 1.82) is 0 Å². The second-order valence-corrected chi connectivity index (χ2v) is 7.52. The number of aliphatic hydroxyl groups is 1. The van der Waals surface area contributed by atoms with Crippen molar-refractivity contribution in [2.45, 2.75) is 52.7 Å². The maximum Gasteiger partial charge on any atom is 0.315 e. The predicted octanol–water partition coefficient (Wildman–Crippen LogP) is 3.29. The summed E-state index contributed by atoms with van der Waals surface area (Å²) in [4.78, 5) is 13.0. The summed E-state index contributed by atoms with van der Waals surface area (Å²) < 4.78 is 0. The van der Waals surface area contributed by atoms with Gasteiger partial charge in [-0.15, -0.1) is 0 Å². The van der Waals surface area contributed by atoms with Crippen LogP contribution in [-0.2, 0) is 13.0 Å². The lowest BCUT2D eigenvalue weighted by Gasteiger charge is -2.30. The standard InChI is InChI=1S/C19H26N2O2/c1-12-6-8-19(2,3)16(12)17(22)14-4-5-15-11-21(18(20)23)9-7-13(15)10-14/h4-5,10,17,22H,6-9,11H2,1-3H3,(H2,20,23). The Morgan fingerprint density at radius 2 is 2.04 bits per heavy atom. The Labute approximate surface area is 138 Å². The molecule has 1 unspecified atom stereocenters. The summed E-state index contributed by atoms with van der Waals surface area (Å²) in [6.07, 6.45) is 2.43. The number of hydrogen-bond acceptors (Lipinski definition) is 2. The van der Waals surface area contributed by atoms with Gasteiger partial charge in [0.15, 0.2) is 0 Å². The van der Waals surface area contributed by atoms with Crippen LogP contribution in [0.4, 0.5) is 4.79 Å². The molecule has 1 aliphatic carbocycles. The Hall–Kier alpha value is -1.81. The van der Waals surface area contributed by atoms with Gasteiger partial charge in [-0.3, -0.25) is 0 Å². The third-order valence-electron chi connectivity index (χ3n) is 5.46. The maximum absolute atomic E-state index is 11.3. The number of rotatable bonds is 2. The van der Waals surface area contributed by atoms with Crippen molar-refractivity contribution in [3.05, 3.63) is 46.0 Å². The molecule has 2 amide bonds. The van der Waals surface area contributed by atoms with E-state index < -0.39 is 6.10 Å². The smallest absolute Gasteiger partial charge is 0.315 e. The van der Waals surface area contributed by atoms with E-state index in [1.54, 1.807) is 4.90 Å². The van der Waals surface area contributed by atoms with E-state index >= 15 is 0 Å². The van der Waals surface area contributed by atoms with E-state index in [-0.39, 0.29) is 11.4 Å². The molecule has 0 fully saturated rings. The molecule has 1 atom stereocenters. The molecule has 1 heterocycles. The number of benzene rings is 1. The molecule has 0 saturated heterocycles. The second kappa shape index (κ2) is 5.68. The van der Waals surface area contributed by atoms with Gasteiger partial charge in [-0.05, 0) is 53.9 Å². The van der Waals surface area contributed by atoms with Crippen LogP contribution in [0.2, 0.25) is 0 Å². The van der Waals surface area contributed by atoms with Crippen LogP contribution in [0.5, 0.6) is 0 Å². The second-order valence-electron chi connectivity index (χ2n) is 7.52. The van der Waals surface area contributed by atoms with Gasteiger partial charge < -0.3 is 15.7 Å². The number of carbonyl (C=O) groups excluding carboxylic acids is 1. The summed E-state index contributed by atoms with van der Waals surface area (Å²) in [6, 6.07) is 5.75. The van der Waals surface area contributed by atoms with Gasteiger partial charge in [0.25, 0.3) is 0 Å². The van der Waals surface area contributed by atoms with E-state index in [0.717, 1.165) is 30.4 Å². The van der Waals surface area contributed by atoms with Crippen LogP contribution in [0.1, 0.15) is 56.4 Å². The average molecular weight is 314 g/mol. The molecule has 1 aromatic carbocycles. The lowest BCUT2D eigenvalue weighted by molar-refractivity contribution is 0.185. The Balaban J connectivity index is 1.88. The van der Waals surface area contributed by atoms with Crippen LogP contribution in [0, 0.1) is 5.41 Å². The molecule has 4 heteroatoms. The molecule has 0 bridgehead atoms. The van der Waals surface area contributed by atoms with Gasteiger partial charge in [0.2, 0.25) is 0 Å². The topological polar surface area (TPSA) is 66.6 Å². The minimum atomic E-state index is -0.535. The Kier molecular flexibility index (Phi) is 3.96. The number of fused-ring (bicyclic) bond motifs is 1. The zero-order valence-electron chi connectivity index (χ0n) is 14.2. The summed E-state index contributed by atoms with van der Waals surface area (Å²) in [5, 5.41) is 10.9. The van der Waals surface area contributed by atoms with Crippen LogP contribution in [0.15, 0.2) is 29.3 Å². The quantitative estimate of drug-likeness (QED) is 0.823. The number of primary amides is 1. The van der Waals surface area contributed by atoms with Gasteiger partial charge in [0, 0.05) is 13.1 Å². The normalized spacial score (nSPS) is 21.3. The van der Waals surface area contributed by atoms with E-state index in [9.17, 15) is 9.90 Å². The van der Waals surface area contributed by atoms with Crippen molar-refractivity contribution < 1.29 is 9.90 Å². The van der Waals surface area contributed by atoms with Crippen LogP contribution in [0.3, 0.4) is 0 Å². The first kappa shape index (κ1) is 16.1. The summed E-state index contributed by atoms with van der Waals surface area (Å²) in [7, 11) is 0. The molecule has 0 radical (unpaired) electrons. The molecule has 1 aliphatic heterocycles. The summed E-state index contributed by atoms with van der Waals surface area (Å²) in [5.74, 6) is 0. The molecule has 3 N–H and O–H groups in total. The summed E-state index contributed by atoms with van der Waals surface area (Å²) in [5.41, 5.74) is 11.2. The highest BCUT2D eigenvalue weighted by Crippen LogP contribution is 2.48. The fourth-order valence-electron chi connectivity index (χ4n) is 4.05. The van der Waals surface area contributed by atoms with Crippen molar-refractivity contribution in [3.8, 4) is 0 Å². The van der Waals surface area contributed by atoms with Gasteiger partial charge in [-0.2, -0.15) is 0 Å². The Bertz CT molecular complexity index is 676. The first-order valence-corrected chi connectivity index (χ1v) is 8.34. The molecule has 3 rings (SSSR count). The van der Waals surface area contributed by atoms with Crippen molar-refractivity contribution in [2.24, 2.45) is 11.1 Å². The molecule has 1 aromatic rings. The number of amides is 2. The first-order valence-electron chi connectivity index (χ1n) is 8.34. The monoisotopic (exact) mass is 314 g/mol. The Morgan fingerprint density at radius 3 is 2.65 bits per heavy atom. The fraction of sp³-hybridized carbons (Fsp3) is 0.526. The molecular formula is C19H26N2O2. The zero-order valence-corrected chi connectivity index (χ0v) is 14.2. The van der Waals surface area contributed by atoms with E-state index in [4.69, 9.17) is 5.73 Å². The highest BCUT2D eigenvalue weighted by molar-refractivity contribution is 5.72. The molecule has 0 saturated carbocycles. The lowest BCUT2D eigenvalue weighted by Crippen LogP contribution is -2.39. The average Bonchev–Trinajstić information content (AvgIpc) is 2.78. The van der Waals surface area contributed by atoms with Crippen molar-refractivity contribution in [2.75, 3.05) is 6.54 Å². The number of nitrogens with two attached hydrogens (primary N) is 1. The third kappa shape index (κ3) is 2.88. The third-order valence-corrected chi connectivity index (χ3v) is 5.46.